The molecule has 0 spiro atoms. The molecule has 1 N–H and O–H groups in total. The minimum atomic E-state index is -2.04. The summed E-state index contributed by atoms with van der Waals surface area (Å²) in [5.41, 5.74) is 1.65. The molecule has 1 aromatic carbocycles. The van der Waals surface area contributed by atoms with Gasteiger partial charge >= 0.3 is 170 Å². The van der Waals surface area contributed by atoms with E-state index < -0.39 is 18.8 Å². The first-order valence-corrected chi connectivity index (χ1v) is 19.9. The molecule has 0 saturated heterocycles. The molecular formula is C25H48OSb-. The summed E-state index contributed by atoms with van der Waals surface area (Å²) in [6.07, 6.45) is 17.5. The first kappa shape index (κ1) is 27.0. The van der Waals surface area contributed by atoms with Crippen LogP contribution >= 0.6 is 0 Å². The van der Waals surface area contributed by atoms with Gasteiger partial charge in [0.25, 0.3) is 0 Å². The summed E-state index contributed by atoms with van der Waals surface area (Å²) in [6.45, 7) is 7.08. The van der Waals surface area contributed by atoms with Crippen molar-refractivity contribution in [3.05, 3.63) is 35.9 Å². The molecule has 0 bridgehead atoms. The molecule has 1 nitrogen and oxygen atoms in total. The minimum absolute atomic E-state index is 0. The van der Waals surface area contributed by atoms with Gasteiger partial charge in [0.15, 0.2) is 0 Å². The largest absolute Gasteiger partial charge is 0.870 e. The Labute approximate surface area is 175 Å². The second kappa shape index (κ2) is 18.1. The summed E-state index contributed by atoms with van der Waals surface area (Å²) in [6, 6.07) is 11.5. The Morgan fingerprint density at radius 1 is 0.556 bits per heavy atom. The van der Waals surface area contributed by atoms with Gasteiger partial charge in [0.1, 0.15) is 0 Å². The molecule has 0 aliphatic rings. The monoisotopic (exact) mass is 485 g/mol. The molecule has 1 aromatic rings. The molecule has 0 radical (unpaired) electrons. The Morgan fingerprint density at radius 2 is 1.00 bits per heavy atom. The van der Waals surface area contributed by atoms with Crippen LogP contribution in [0, 0.1) is 0 Å². The molecule has 0 aliphatic carbocycles. The topological polar surface area (TPSA) is 30.0 Å². The Kier molecular flexibility index (Phi) is 18.1. The molecule has 0 unspecified atom stereocenters. The number of rotatable bonds is 17. The van der Waals surface area contributed by atoms with Gasteiger partial charge in [-0.2, -0.15) is 0 Å². The van der Waals surface area contributed by atoms with E-state index in [1.807, 2.05) is 0 Å². The fourth-order valence-corrected chi connectivity index (χ4v) is 20.4. The van der Waals surface area contributed by atoms with Crippen LogP contribution in [0.25, 0.3) is 0 Å². The van der Waals surface area contributed by atoms with Crippen LogP contribution in [0.1, 0.15) is 103 Å². The molecule has 160 valence electrons. The zero-order valence-corrected chi connectivity index (χ0v) is 21.5. The third kappa shape index (κ3) is 13.0. The molecule has 0 amide bonds. The van der Waals surface area contributed by atoms with Crippen molar-refractivity contribution in [3.8, 4) is 0 Å². The van der Waals surface area contributed by atoms with Gasteiger partial charge < -0.3 is 5.48 Å². The van der Waals surface area contributed by atoms with E-state index in [0.717, 1.165) is 0 Å². The Bertz CT molecular complexity index is 410. The van der Waals surface area contributed by atoms with Crippen molar-refractivity contribution in [3.63, 3.8) is 0 Å². The number of hydrogen-bond acceptors (Lipinski definition) is 1. The van der Waals surface area contributed by atoms with Gasteiger partial charge in [-0.05, 0) is 0 Å². The van der Waals surface area contributed by atoms with Crippen LogP contribution in [0.15, 0.2) is 30.3 Å². The third-order valence-corrected chi connectivity index (χ3v) is 21.5. The number of unbranched alkanes of at least 4 members (excludes halogenated alkanes) is 9. The first-order chi connectivity index (χ1) is 12.8. The molecule has 27 heavy (non-hydrogen) atoms. The molecule has 0 heterocycles. The molecule has 2 heteroatoms. The summed E-state index contributed by atoms with van der Waals surface area (Å²) in [5, 5.41) is 0. The average Bonchev–Trinajstić information content (AvgIpc) is 2.67. The second-order valence-corrected chi connectivity index (χ2v) is 22.4. The predicted molar refractivity (Wildman–Crippen MR) is 126 cm³/mol. The van der Waals surface area contributed by atoms with E-state index in [2.05, 4.69) is 51.1 Å². The summed E-state index contributed by atoms with van der Waals surface area (Å²) in [5.74, 6) is 0. The van der Waals surface area contributed by atoms with Gasteiger partial charge in [-0.1, -0.05) is 0 Å². The van der Waals surface area contributed by atoms with Crippen LogP contribution in [0.4, 0.5) is 0 Å². The standard InChI is InChI=1S/C10H21.C7H7.2C4H9.H2O.Sb.H/c1-3-5-7-9-10-8-6-4-2;1-7-5-3-2-4-6-7;2*1-3-4-2;;;/h1,3-10H2,2H3;2-6H,1H2;2*1,3-4H2,2H3;1H2;;/p-1. The van der Waals surface area contributed by atoms with Crippen molar-refractivity contribution >= 4 is 18.8 Å². The maximum absolute atomic E-state index is 2.40. The summed E-state index contributed by atoms with van der Waals surface area (Å²) in [4.78, 5) is 0. The maximum Gasteiger partial charge on any atom is -0.870 e. The molecule has 0 saturated carbocycles. The van der Waals surface area contributed by atoms with Gasteiger partial charge in [0.2, 0.25) is 0 Å². The van der Waals surface area contributed by atoms with E-state index in [1.54, 1.807) is 18.7 Å². The van der Waals surface area contributed by atoms with Crippen molar-refractivity contribution in [2.75, 3.05) is 0 Å². The summed E-state index contributed by atoms with van der Waals surface area (Å²) in [7, 11) is 0. The fraction of sp³-hybridized carbons (Fsp3) is 0.760. The zero-order chi connectivity index (χ0) is 18.9. The van der Waals surface area contributed by atoms with E-state index in [4.69, 9.17) is 0 Å². The van der Waals surface area contributed by atoms with Gasteiger partial charge in [-0.3, -0.25) is 0 Å². The maximum atomic E-state index is 2.40. The van der Waals surface area contributed by atoms with Crippen molar-refractivity contribution in [2.45, 2.75) is 115 Å². The molecule has 0 atom stereocenters. The van der Waals surface area contributed by atoms with Crippen LogP contribution in [0.2, 0.25) is 13.1 Å². The van der Waals surface area contributed by atoms with Gasteiger partial charge in [-0.15, -0.1) is 0 Å². The predicted octanol–water partition coefficient (Wildman–Crippen LogP) is 8.51. The van der Waals surface area contributed by atoms with Gasteiger partial charge in [0, 0.05) is 0 Å². The van der Waals surface area contributed by atoms with E-state index in [1.165, 1.54) is 81.4 Å². The molecule has 1 rings (SSSR count). The second-order valence-electron chi connectivity index (χ2n) is 8.59. The van der Waals surface area contributed by atoms with E-state index in [-0.39, 0.29) is 5.48 Å². The quantitative estimate of drug-likeness (QED) is 0.160. The molecular weight excluding hydrogens is 438 g/mol. The molecule has 0 fully saturated rings. The first-order valence-electron chi connectivity index (χ1n) is 11.8. The smallest absolute Gasteiger partial charge is 0.870 e. The van der Waals surface area contributed by atoms with Crippen LogP contribution < -0.4 is 0 Å². The SMILES string of the molecule is CCCCCCCCC[CH2][SbH]([CH2]CCC)([CH2]CCC)[CH2]c1ccccc1.[OH-]. The van der Waals surface area contributed by atoms with Crippen molar-refractivity contribution in [1.82, 2.24) is 0 Å². The number of hydrogen-bond donors (Lipinski definition) is 0. The third-order valence-electron chi connectivity index (χ3n) is 6.10. The average molecular weight is 486 g/mol. The summed E-state index contributed by atoms with van der Waals surface area (Å²) >= 11 is -2.04. The zero-order valence-electron chi connectivity index (χ0n) is 18.6. The fourth-order valence-electron chi connectivity index (χ4n) is 4.41. The van der Waals surface area contributed by atoms with Gasteiger partial charge in [-0.25, -0.2) is 0 Å². The van der Waals surface area contributed by atoms with Crippen molar-refractivity contribution in [2.24, 2.45) is 0 Å². The number of benzene rings is 1. The minimum Gasteiger partial charge on any atom is -0.870 e. The van der Waals surface area contributed by atoms with E-state index in [0.29, 0.717) is 0 Å². The Morgan fingerprint density at radius 3 is 1.52 bits per heavy atom. The van der Waals surface area contributed by atoms with E-state index >= 15 is 0 Å². The van der Waals surface area contributed by atoms with Crippen LogP contribution in [-0.4, -0.2) is 24.3 Å². The molecule has 0 aliphatic heterocycles. The Balaban J connectivity index is 0.00000676. The van der Waals surface area contributed by atoms with Gasteiger partial charge in [0.05, 0.1) is 0 Å². The van der Waals surface area contributed by atoms with Crippen molar-refractivity contribution < 1.29 is 5.48 Å². The Hall–Kier alpha value is -0.00182. The normalized spacial score (nSPS) is 12.0. The van der Waals surface area contributed by atoms with Crippen LogP contribution in [-0.2, 0) is 4.37 Å². The van der Waals surface area contributed by atoms with Crippen LogP contribution in [0.3, 0.4) is 0 Å². The molecule has 0 aromatic heterocycles. The van der Waals surface area contributed by atoms with Crippen molar-refractivity contribution in [1.29, 1.82) is 0 Å². The van der Waals surface area contributed by atoms with Crippen LogP contribution in [0.5, 0.6) is 0 Å². The summed E-state index contributed by atoms with van der Waals surface area (Å²) < 4.78 is 6.43. The van der Waals surface area contributed by atoms with E-state index in [9.17, 15) is 0 Å².